The number of hydrogen-bond donors (Lipinski definition) is 0. The van der Waals surface area contributed by atoms with Gasteiger partial charge in [0.1, 0.15) is 0 Å². The zero-order chi connectivity index (χ0) is 15.3. The molecule has 2 amide bonds. The summed E-state index contributed by atoms with van der Waals surface area (Å²) < 4.78 is 0.746. The first kappa shape index (κ1) is 16.7. The van der Waals surface area contributed by atoms with Crippen LogP contribution >= 0.6 is 15.9 Å². The summed E-state index contributed by atoms with van der Waals surface area (Å²) in [4.78, 5) is 27.6. The molecule has 0 saturated carbocycles. The molecule has 110 valence electrons. The summed E-state index contributed by atoms with van der Waals surface area (Å²) in [6.07, 6.45) is 0. The van der Waals surface area contributed by atoms with E-state index in [1.807, 2.05) is 39.0 Å². The molecule has 0 unspecified atom stereocenters. The summed E-state index contributed by atoms with van der Waals surface area (Å²) in [5.41, 5.74) is 1.60. The second-order valence-corrected chi connectivity index (χ2v) is 5.56. The minimum Gasteiger partial charge on any atom is -0.342 e. The lowest BCUT2D eigenvalue weighted by Gasteiger charge is -2.23. The van der Waals surface area contributed by atoms with Crippen LogP contribution in [0.4, 0.5) is 0 Å². The van der Waals surface area contributed by atoms with E-state index in [-0.39, 0.29) is 18.4 Å². The fourth-order valence-corrected chi connectivity index (χ4v) is 2.38. The van der Waals surface area contributed by atoms with Crippen LogP contribution in [-0.2, 0) is 4.79 Å². The Morgan fingerprint density at radius 3 is 2.35 bits per heavy atom. The molecule has 1 aromatic rings. The van der Waals surface area contributed by atoms with E-state index in [4.69, 9.17) is 0 Å². The highest BCUT2D eigenvalue weighted by Crippen LogP contribution is 2.19. The lowest BCUT2D eigenvalue weighted by atomic mass is 10.1. The molecule has 1 rings (SSSR count). The number of hydrogen-bond acceptors (Lipinski definition) is 2. The minimum absolute atomic E-state index is 0.0328. The molecular formula is C15H21BrN2O2. The van der Waals surface area contributed by atoms with Crippen molar-refractivity contribution < 1.29 is 9.59 Å². The van der Waals surface area contributed by atoms with Crippen LogP contribution < -0.4 is 0 Å². The number of amides is 2. The third kappa shape index (κ3) is 4.07. The Bertz CT molecular complexity index is 499. The second-order valence-electron chi connectivity index (χ2n) is 4.71. The largest absolute Gasteiger partial charge is 0.342 e. The van der Waals surface area contributed by atoms with Gasteiger partial charge < -0.3 is 9.80 Å². The molecule has 5 heteroatoms. The van der Waals surface area contributed by atoms with Crippen LogP contribution in [0, 0.1) is 6.92 Å². The normalized spacial score (nSPS) is 10.2. The maximum Gasteiger partial charge on any atom is 0.255 e. The highest BCUT2D eigenvalue weighted by Gasteiger charge is 2.19. The van der Waals surface area contributed by atoms with Crippen molar-refractivity contribution in [1.29, 1.82) is 0 Å². The van der Waals surface area contributed by atoms with Crippen LogP contribution in [0.3, 0.4) is 0 Å². The van der Waals surface area contributed by atoms with Crippen molar-refractivity contribution in [3.8, 4) is 0 Å². The first-order valence-electron chi connectivity index (χ1n) is 6.70. The minimum atomic E-state index is -0.152. The van der Waals surface area contributed by atoms with Crippen molar-refractivity contribution in [1.82, 2.24) is 9.80 Å². The van der Waals surface area contributed by atoms with Crippen molar-refractivity contribution in [2.45, 2.75) is 20.8 Å². The van der Waals surface area contributed by atoms with Crippen LogP contribution in [0.25, 0.3) is 0 Å². The van der Waals surface area contributed by atoms with Gasteiger partial charge in [0.15, 0.2) is 0 Å². The maximum absolute atomic E-state index is 12.4. The first-order valence-corrected chi connectivity index (χ1v) is 7.49. The van der Waals surface area contributed by atoms with E-state index in [0.29, 0.717) is 18.7 Å². The molecule has 0 saturated heterocycles. The van der Waals surface area contributed by atoms with E-state index in [0.717, 1.165) is 10.0 Å². The lowest BCUT2D eigenvalue weighted by molar-refractivity contribution is -0.131. The molecule has 0 aliphatic carbocycles. The van der Waals surface area contributed by atoms with Gasteiger partial charge in [-0.2, -0.15) is 0 Å². The molecule has 0 fully saturated rings. The van der Waals surface area contributed by atoms with Gasteiger partial charge in [-0.15, -0.1) is 0 Å². The van der Waals surface area contributed by atoms with E-state index in [2.05, 4.69) is 15.9 Å². The van der Waals surface area contributed by atoms with Crippen LogP contribution in [0.5, 0.6) is 0 Å². The average Bonchev–Trinajstić information content (AvgIpc) is 2.42. The molecule has 0 heterocycles. The first-order chi connectivity index (χ1) is 9.40. The summed E-state index contributed by atoms with van der Waals surface area (Å²) in [6, 6.07) is 5.61. The van der Waals surface area contributed by atoms with Crippen molar-refractivity contribution in [3.63, 3.8) is 0 Å². The third-order valence-electron chi connectivity index (χ3n) is 3.19. The highest BCUT2D eigenvalue weighted by molar-refractivity contribution is 9.10. The van der Waals surface area contributed by atoms with Gasteiger partial charge in [-0.05, 0) is 48.8 Å². The van der Waals surface area contributed by atoms with E-state index in [1.165, 1.54) is 4.90 Å². The van der Waals surface area contributed by atoms with Gasteiger partial charge in [0.05, 0.1) is 12.1 Å². The summed E-state index contributed by atoms with van der Waals surface area (Å²) >= 11 is 3.38. The topological polar surface area (TPSA) is 40.6 Å². The SMILES string of the molecule is CCN(CC)C(=O)CN(C)C(=O)c1cc(C)ccc1Br. The maximum atomic E-state index is 12.4. The molecular weight excluding hydrogens is 320 g/mol. The standard InChI is InChI=1S/C15H21BrN2O2/c1-5-18(6-2)14(19)10-17(4)15(20)12-9-11(3)7-8-13(12)16/h7-9H,5-6,10H2,1-4H3. The predicted molar refractivity (Wildman–Crippen MR) is 83.8 cm³/mol. The van der Waals surface area contributed by atoms with Crippen molar-refractivity contribution in [2.75, 3.05) is 26.7 Å². The molecule has 0 aliphatic rings. The summed E-state index contributed by atoms with van der Waals surface area (Å²) in [7, 11) is 1.65. The molecule has 0 aromatic heterocycles. The molecule has 0 atom stereocenters. The number of likely N-dealkylation sites (N-methyl/N-ethyl adjacent to an activating group) is 2. The van der Waals surface area contributed by atoms with Crippen LogP contribution in [-0.4, -0.2) is 48.3 Å². The molecule has 0 aliphatic heterocycles. The van der Waals surface area contributed by atoms with Crippen LogP contribution in [0.15, 0.2) is 22.7 Å². The van der Waals surface area contributed by atoms with Crippen LogP contribution in [0.1, 0.15) is 29.8 Å². The summed E-state index contributed by atoms with van der Waals surface area (Å²) in [5.74, 6) is -0.185. The van der Waals surface area contributed by atoms with Gasteiger partial charge >= 0.3 is 0 Å². The number of carbonyl (C=O) groups is 2. The molecule has 0 radical (unpaired) electrons. The quantitative estimate of drug-likeness (QED) is 0.826. The van der Waals surface area contributed by atoms with Gasteiger partial charge in [-0.1, -0.05) is 11.6 Å². The Balaban J connectivity index is 2.82. The smallest absolute Gasteiger partial charge is 0.255 e. The van der Waals surface area contributed by atoms with Crippen molar-refractivity contribution >= 4 is 27.7 Å². The van der Waals surface area contributed by atoms with Gasteiger partial charge in [0, 0.05) is 24.6 Å². The number of benzene rings is 1. The summed E-state index contributed by atoms with van der Waals surface area (Å²) in [5, 5.41) is 0. The van der Waals surface area contributed by atoms with E-state index < -0.39 is 0 Å². The van der Waals surface area contributed by atoms with Gasteiger partial charge in [0.2, 0.25) is 5.91 Å². The summed E-state index contributed by atoms with van der Waals surface area (Å²) in [6.45, 7) is 7.21. The Morgan fingerprint density at radius 2 is 1.80 bits per heavy atom. The van der Waals surface area contributed by atoms with Gasteiger partial charge in [0.25, 0.3) is 5.91 Å². The molecule has 4 nitrogen and oxygen atoms in total. The molecule has 0 spiro atoms. The van der Waals surface area contributed by atoms with E-state index in [9.17, 15) is 9.59 Å². The third-order valence-corrected chi connectivity index (χ3v) is 3.88. The Morgan fingerprint density at radius 1 is 1.20 bits per heavy atom. The lowest BCUT2D eigenvalue weighted by Crippen LogP contribution is -2.41. The van der Waals surface area contributed by atoms with Crippen molar-refractivity contribution in [2.24, 2.45) is 0 Å². The van der Waals surface area contributed by atoms with E-state index >= 15 is 0 Å². The van der Waals surface area contributed by atoms with Gasteiger partial charge in [-0.3, -0.25) is 9.59 Å². The molecule has 1 aromatic carbocycles. The monoisotopic (exact) mass is 340 g/mol. The number of halogens is 1. The Kier molecular flexibility index (Phi) is 6.20. The second kappa shape index (κ2) is 7.43. The number of rotatable bonds is 5. The molecule has 0 bridgehead atoms. The highest BCUT2D eigenvalue weighted by atomic mass is 79.9. The fraction of sp³-hybridized carbons (Fsp3) is 0.467. The Hall–Kier alpha value is -1.36. The number of carbonyl (C=O) groups excluding carboxylic acids is 2. The Labute approximate surface area is 128 Å². The predicted octanol–water partition coefficient (Wildman–Crippen LogP) is 2.70. The zero-order valence-electron chi connectivity index (χ0n) is 12.4. The van der Waals surface area contributed by atoms with E-state index in [1.54, 1.807) is 11.9 Å². The average molecular weight is 341 g/mol. The van der Waals surface area contributed by atoms with Gasteiger partial charge in [-0.25, -0.2) is 0 Å². The van der Waals surface area contributed by atoms with Crippen molar-refractivity contribution in [3.05, 3.63) is 33.8 Å². The molecule has 20 heavy (non-hydrogen) atoms. The number of nitrogens with zero attached hydrogens (tertiary/aromatic N) is 2. The fourth-order valence-electron chi connectivity index (χ4n) is 1.96. The zero-order valence-corrected chi connectivity index (χ0v) is 14.0. The number of aryl methyl sites for hydroxylation is 1. The van der Waals surface area contributed by atoms with Crippen LogP contribution in [0.2, 0.25) is 0 Å². The molecule has 0 N–H and O–H groups in total.